The number of hydrogen-bond donors (Lipinski definition) is 6. The van der Waals surface area contributed by atoms with Crippen molar-refractivity contribution < 1.29 is 49.7 Å². The van der Waals surface area contributed by atoms with Gasteiger partial charge in [0.2, 0.25) is 6.29 Å². The standard InChI is InChI=1S/C35H54O10/c1-30(2)9-11-35(29(43)45-28-25(41)24(40)22(39)16-44-28)12-10-33(5)18(19(35)13-30)7-8-23-31(3)14-21(38)27(42)32(4,17-36)26(31)20(37)15-34(23,33)6/h7,19-20,22-28,36-37,39-42H,8-17H2,1-6H3/t19-,20?,22?,23+,24?,25+,26?,27-,28?,31+,32-,33+,34+,35-/m0/s1. The predicted molar refractivity (Wildman–Crippen MR) is 162 cm³/mol. The molecule has 254 valence electrons. The fourth-order valence-electron chi connectivity index (χ4n) is 11.8. The zero-order valence-corrected chi connectivity index (χ0v) is 27.7. The van der Waals surface area contributed by atoms with Gasteiger partial charge in [0.05, 0.1) is 24.7 Å². The van der Waals surface area contributed by atoms with Crippen LogP contribution < -0.4 is 0 Å². The number of hydrogen-bond acceptors (Lipinski definition) is 10. The molecular weight excluding hydrogens is 580 g/mol. The average molecular weight is 635 g/mol. The van der Waals surface area contributed by atoms with Gasteiger partial charge in [0.15, 0.2) is 5.78 Å². The van der Waals surface area contributed by atoms with Crippen molar-refractivity contribution >= 4 is 11.8 Å². The van der Waals surface area contributed by atoms with Crippen LogP contribution in [0.25, 0.3) is 0 Å². The maximum Gasteiger partial charge on any atom is 0.315 e. The molecule has 6 rings (SSSR count). The molecule has 0 radical (unpaired) electrons. The van der Waals surface area contributed by atoms with E-state index in [9.17, 15) is 40.2 Å². The molecule has 0 spiro atoms. The Balaban J connectivity index is 1.39. The van der Waals surface area contributed by atoms with Gasteiger partial charge in [-0.25, -0.2) is 0 Å². The van der Waals surface area contributed by atoms with Crippen LogP contribution in [0.4, 0.5) is 0 Å². The van der Waals surface area contributed by atoms with Crippen molar-refractivity contribution in [2.24, 2.45) is 50.2 Å². The number of carbonyl (C=O) groups is 2. The summed E-state index contributed by atoms with van der Waals surface area (Å²) in [6, 6.07) is 0. The van der Waals surface area contributed by atoms with Crippen molar-refractivity contribution in [3.8, 4) is 0 Å². The van der Waals surface area contributed by atoms with E-state index in [1.165, 1.54) is 5.57 Å². The van der Waals surface area contributed by atoms with E-state index >= 15 is 0 Å². The first-order chi connectivity index (χ1) is 20.8. The maximum atomic E-state index is 14.3. The van der Waals surface area contributed by atoms with Crippen LogP contribution in [-0.2, 0) is 19.1 Å². The van der Waals surface area contributed by atoms with Gasteiger partial charge < -0.3 is 40.1 Å². The van der Waals surface area contributed by atoms with E-state index in [-0.39, 0.29) is 36.1 Å². The van der Waals surface area contributed by atoms with Crippen molar-refractivity contribution in [3.63, 3.8) is 0 Å². The molecular formula is C35H54O10. The van der Waals surface area contributed by atoms with Crippen molar-refractivity contribution in [1.82, 2.24) is 0 Å². The Morgan fingerprint density at radius 2 is 1.60 bits per heavy atom. The normalized spacial score (nSPS) is 54.1. The highest BCUT2D eigenvalue weighted by molar-refractivity contribution is 5.86. The summed E-state index contributed by atoms with van der Waals surface area (Å²) >= 11 is 0. The first-order valence-corrected chi connectivity index (χ1v) is 16.9. The molecule has 0 aromatic heterocycles. The van der Waals surface area contributed by atoms with Gasteiger partial charge in [-0.05, 0) is 78.4 Å². The summed E-state index contributed by atoms with van der Waals surface area (Å²) < 4.78 is 11.3. The number of carbonyl (C=O) groups excluding carboxylic acids is 2. The Kier molecular flexibility index (Phi) is 7.85. The van der Waals surface area contributed by atoms with E-state index in [4.69, 9.17) is 9.47 Å². The molecule has 1 aliphatic heterocycles. The summed E-state index contributed by atoms with van der Waals surface area (Å²) in [5.41, 5.74) is -2.32. The molecule has 0 aromatic carbocycles. The molecule has 0 bridgehead atoms. The highest BCUT2D eigenvalue weighted by Crippen LogP contribution is 2.75. The van der Waals surface area contributed by atoms with Crippen molar-refractivity contribution in [2.75, 3.05) is 13.2 Å². The van der Waals surface area contributed by atoms with Crippen molar-refractivity contribution in [1.29, 1.82) is 0 Å². The number of rotatable bonds is 3. The van der Waals surface area contributed by atoms with Crippen LogP contribution in [-0.4, -0.2) is 92.4 Å². The summed E-state index contributed by atoms with van der Waals surface area (Å²) in [6.45, 7) is 12.1. The first kappa shape index (κ1) is 33.5. The van der Waals surface area contributed by atoms with Gasteiger partial charge in [0.1, 0.15) is 24.4 Å². The van der Waals surface area contributed by atoms with E-state index in [1.807, 2.05) is 0 Å². The second kappa shape index (κ2) is 10.5. The smallest absolute Gasteiger partial charge is 0.315 e. The lowest BCUT2D eigenvalue weighted by atomic mass is 9.33. The fourth-order valence-corrected chi connectivity index (χ4v) is 11.8. The molecule has 10 heteroatoms. The Hall–Kier alpha value is -1.40. The number of allylic oxidation sites excluding steroid dienone is 2. The largest absolute Gasteiger partial charge is 0.432 e. The highest BCUT2D eigenvalue weighted by Gasteiger charge is 2.72. The Bertz CT molecular complexity index is 1260. The summed E-state index contributed by atoms with van der Waals surface area (Å²) in [4.78, 5) is 27.6. The molecule has 6 aliphatic rings. The first-order valence-electron chi connectivity index (χ1n) is 16.9. The van der Waals surface area contributed by atoms with Gasteiger partial charge in [0, 0.05) is 17.8 Å². The quantitative estimate of drug-likeness (QED) is 0.200. The van der Waals surface area contributed by atoms with Crippen LogP contribution in [0.3, 0.4) is 0 Å². The van der Waals surface area contributed by atoms with Gasteiger partial charge >= 0.3 is 5.97 Å². The third-order valence-electron chi connectivity index (χ3n) is 14.5. The minimum atomic E-state index is -1.56. The number of ketones is 1. The number of esters is 1. The van der Waals surface area contributed by atoms with E-state index in [0.29, 0.717) is 32.1 Å². The lowest BCUT2D eigenvalue weighted by molar-refractivity contribution is -0.271. The third kappa shape index (κ3) is 4.45. The van der Waals surface area contributed by atoms with Gasteiger partial charge in [-0.15, -0.1) is 0 Å². The van der Waals surface area contributed by atoms with E-state index in [2.05, 4.69) is 40.7 Å². The molecule has 5 aliphatic carbocycles. The molecule has 0 amide bonds. The minimum Gasteiger partial charge on any atom is -0.432 e. The Morgan fingerprint density at radius 1 is 0.933 bits per heavy atom. The van der Waals surface area contributed by atoms with E-state index < -0.39 is 82.4 Å². The molecule has 5 fully saturated rings. The number of aliphatic hydroxyl groups is 6. The van der Waals surface area contributed by atoms with Crippen LogP contribution in [0.1, 0.15) is 92.9 Å². The zero-order chi connectivity index (χ0) is 33.1. The predicted octanol–water partition coefficient (Wildman–Crippen LogP) is 2.25. The number of ether oxygens (including phenoxy) is 2. The molecule has 14 atom stereocenters. The third-order valence-corrected chi connectivity index (χ3v) is 14.5. The topological polar surface area (TPSA) is 174 Å². The lowest BCUT2D eigenvalue weighted by Gasteiger charge is -2.71. The Morgan fingerprint density at radius 3 is 2.27 bits per heavy atom. The summed E-state index contributed by atoms with van der Waals surface area (Å²) in [5, 5.41) is 64.1. The van der Waals surface area contributed by atoms with Crippen molar-refractivity contribution in [2.45, 2.75) is 130 Å². The number of aliphatic hydroxyl groups excluding tert-OH is 6. The van der Waals surface area contributed by atoms with Gasteiger partial charge in [-0.3, -0.25) is 9.59 Å². The summed E-state index contributed by atoms with van der Waals surface area (Å²) in [5.74, 6) is -1.34. The van der Waals surface area contributed by atoms with Crippen LogP contribution >= 0.6 is 0 Å². The minimum absolute atomic E-state index is 0.00392. The van der Waals surface area contributed by atoms with Crippen molar-refractivity contribution in [3.05, 3.63) is 11.6 Å². The second-order valence-electron chi connectivity index (χ2n) is 17.4. The molecule has 1 heterocycles. The van der Waals surface area contributed by atoms with Crippen LogP contribution in [0.5, 0.6) is 0 Å². The zero-order valence-electron chi connectivity index (χ0n) is 27.7. The average Bonchev–Trinajstić information content (AvgIpc) is 2.96. The summed E-state index contributed by atoms with van der Waals surface area (Å²) in [6.07, 6.45) is -0.914. The fraction of sp³-hybridized carbons (Fsp3) is 0.886. The van der Waals surface area contributed by atoms with Crippen LogP contribution in [0.15, 0.2) is 11.6 Å². The van der Waals surface area contributed by atoms with E-state index in [1.54, 1.807) is 6.92 Å². The van der Waals surface area contributed by atoms with Gasteiger partial charge in [-0.2, -0.15) is 0 Å². The number of Topliss-reactive ketones (excluding diaryl/α,β-unsaturated/α-hetero) is 1. The molecule has 6 N–H and O–H groups in total. The van der Waals surface area contributed by atoms with Gasteiger partial charge in [-0.1, -0.05) is 53.2 Å². The molecule has 10 nitrogen and oxygen atoms in total. The lowest BCUT2D eigenvalue weighted by Crippen LogP contribution is -2.71. The maximum absolute atomic E-state index is 14.3. The van der Waals surface area contributed by atoms with Gasteiger partial charge in [0.25, 0.3) is 0 Å². The molecule has 1 saturated heterocycles. The molecule has 0 aromatic rings. The second-order valence-corrected chi connectivity index (χ2v) is 17.4. The van der Waals surface area contributed by atoms with E-state index in [0.717, 1.165) is 12.8 Å². The molecule has 4 saturated carbocycles. The van der Waals surface area contributed by atoms with Crippen LogP contribution in [0, 0.1) is 50.2 Å². The Labute approximate surface area is 266 Å². The van der Waals surface area contributed by atoms with Crippen LogP contribution in [0.2, 0.25) is 0 Å². The highest BCUT2D eigenvalue weighted by atomic mass is 16.7. The number of fused-ring (bicyclic) bond motifs is 7. The molecule has 5 unspecified atom stereocenters. The molecule has 45 heavy (non-hydrogen) atoms. The summed E-state index contributed by atoms with van der Waals surface area (Å²) in [7, 11) is 0. The monoisotopic (exact) mass is 634 g/mol. The SMILES string of the molecule is CC1(C)CC[C@]2(C(=O)OC3OCC(O)C(O)[C@H]3O)CC[C@]3(C)C(=CC[C@@H]4[C@@]5(C)CC(=O)[C@H](O)[C@@](C)(CO)C5C(O)C[C@]43C)[C@@H]2C1.